The lowest BCUT2D eigenvalue weighted by molar-refractivity contribution is -0.118. The van der Waals surface area contributed by atoms with Crippen LogP contribution in [-0.2, 0) is 9.53 Å². The van der Waals surface area contributed by atoms with Crippen LogP contribution in [0.15, 0.2) is 42.5 Å². The van der Waals surface area contributed by atoms with Crippen LogP contribution in [0.3, 0.4) is 0 Å². The van der Waals surface area contributed by atoms with Crippen LogP contribution in [0.2, 0.25) is 0 Å². The van der Waals surface area contributed by atoms with Crippen molar-refractivity contribution in [3.63, 3.8) is 0 Å². The van der Waals surface area contributed by atoms with Gasteiger partial charge in [-0.2, -0.15) is 0 Å². The first kappa shape index (κ1) is 17.5. The lowest BCUT2D eigenvalue weighted by Crippen LogP contribution is -2.20. The fourth-order valence-corrected chi connectivity index (χ4v) is 2.12. The van der Waals surface area contributed by atoms with Crippen molar-refractivity contribution in [3.05, 3.63) is 59.2 Å². The Kier molecular flexibility index (Phi) is 5.95. The van der Waals surface area contributed by atoms with E-state index in [0.717, 1.165) is 16.8 Å². The number of hydrogen-bond acceptors (Lipinski definition) is 4. The van der Waals surface area contributed by atoms with Gasteiger partial charge in [0.05, 0.1) is 12.2 Å². The maximum Gasteiger partial charge on any atom is 0.338 e. The van der Waals surface area contributed by atoms with Gasteiger partial charge in [-0.05, 0) is 62.2 Å². The molecule has 0 bridgehead atoms. The topological polar surface area (TPSA) is 64.6 Å². The summed E-state index contributed by atoms with van der Waals surface area (Å²) in [5.41, 5.74) is 3.37. The summed E-state index contributed by atoms with van der Waals surface area (Å²) in [5, 5.41) is 2.83. The van der Waals surface area contributed by atoms with Crippen LogP contribution in [0.4, 0.5) is 5.69 Å². The average Bonchev–Trinajstić information content (AvgIpc) is 2.58. The van der Waals surface area contributed by atoms with Crippen molar-refractivity contribution in [1.29, 1.82) is 0 Å². The van der Waals surface area contributed by atoms with E-state index in [-0.39, 0.29) is 18.5 Å². The van der Waals surface area contributed by atoms with E-state index < -0.39 is 0 Å². The monoisotopic (exact) mass is 327 g/mol. The largest absolute Gasteiger partial charge is 0.484 e. The van der Waals surface area contributed by atoms with Crippen LogP contribution in [0.5, 0.6) is 5.75 Å². The number of rotatable bonds is 6. The summed E-state index contributed by atoms with van der Waals surface area (Å²) in [5.74, 6) is -0.103. The van der Waals surface area contributed by atoms with Gasteiger partial charge >= 0.3 is 5.97 Å². The van der Waals surface area contributed by atoms with Crippen LogP contribution in [0.25, 0.3) is 0 Å². The van der Waals surface area contributed by atoms with Gasteiger partial charge < -0.3 is 14.8 Å². The minimum absolute atomic E-state index is 0.105. The molecule has 0 fully saturated rings. The van der Waals surface area contributed by atoms with Crippen molar-refractivity contribution in [1.82, 2.24) is 0 Å². The van der Waals surface area contributed by atoms with Gasteiger partial charge in [-0.15, -0.1) is 0 Å². The van der Waals surface area contributed by atoms with Gasteiger partial charge in [0, 0.05) is 5.69 Å². The van der Waals surface area contributed by atoms with E-state index in [1.807, 2.05) is 32.0 Å². The summed E-state index contributed by atoms with van der Waals surface area (Å²) >= 11 is 0. The van der Waals surface area contributed by atoms with Gasteiger partial charge in [-0.25, -0.2) is 4.79 Å². The zero-order valence-electron chi connectivity index (χ0n) is 14.1. The van der Waals surface area contributed by atoms with Crippen molar-refractivity contribution < 1.29 is 19.1 Å². The number of anilines is 1. The van der Waals surface area contributed by atoms with E-state index in [2.05, 4.69) is 5.32 Å². The molecule has 24 heavy (non-hydrogen) atoms. The van der Waals surface area contributed by atoms with Gasteiger partial charge in [-0.1, -0.05) is 12.1 Å². The number of aryl methyl sites for hydroxylation is 1. The van der Waals surface area contributed by atoms with Gasteiger partial charge in [0.2, 0.25) is 0 Å². The second kappa shape index (κ2) is 8.15. The molecule has 0 saturated heterocycles. The number of carbonyl (C=O) groups excluding carboxylic acids is 2. The molecule has 0 aromatic heterocycles. The Morgan fingerprint density at radius 1 is 1.04 bits per heavy atom. The number of ether oxygens (including phenoxy) is 2. The van der Waals surface area contributed by atoms with Crippen LogP contribution >= 0.6 is 0 Å². The number of nitrogens with one attached hydrogen (secondary N) is 1. The number of hydrogen-bond donors (Lipinski definition) is 1. The van der Waals surface area contributed by atoms with Gasteiger partial charge in [0.15, 0.2) is 6.61 Å². The van der Waals surface area contributed by atoms with E-state index in [1.54, 1.807) is 31.2 Å². The van der Waals surface area contributed by atoms with Crippen LogP contribution < -0.4 is 10.1 Å². The maximum absolute atomic E-state index is 12.0. The molecule has 0 spiro atoms. The van der Waals surface area contributed by atoms with Crippen molar-refractivity contribution in [2.24, 2.45) is 0 Å². The summed E-state index contributed by atoms with van der Waals surface area (Å²) in [4.78, 5) is 23.6. The van der Waals surface area contributed by atoms with E-state index >= 15 is 0 Å². The minimum Gasteiger partial charge on any atom is -0.484 e. The molecular weight excluding hydrogens is 306 g/mol. The SMILES string of the molecule is CCOC(=O)c1ccc(OCC(=O)Nc2cccc(C)c2C)cc1. The highest BCUT2D eigenvalue weighted by Gasteiger charge is 2.09. The molecular formula is C19H21NO4. The quantitative estimate of drug-likeness (QED) is 0.825. The Balaban J connectivity index is 1.90. The molecule has 1 N–H and O–H groups in total. The highest BCUT2D eigenvalue weighted by Crippen LogP contribution is 2.18. The first-order valence-corrected chi connectivity index (χ1v) is 7.77. The predicted octanol–water partition coefficient (Wildman–Crippen LogP) is 3.50. The molecule has 5 nitrogen and oxygen atoms in total. The Bertz CT molecular complexity index is 723. The molecule has 2 aromatic rings. The zero-order chi connectivity index (χ0) is 17.5. The molecule has 0 saturated carbocycles. The highest BCUT2D eigenvalue weighted by molar-refractivity contribution is 5.93. The molecule has 0 heterocycles. The molecule has 2 aromatic carbocycles. The van der Waals surface area contributed by atoms with Crippen LogP contribution in [-0.4, -0.2) is 25.1 Å². The van der Waals surface area contributed by atoms with E-state index in [0.29, 0.717) is 17.9 Å². The second-order valence-electron chi connectivity index (χ2n) is 5.33. The summed E-state index contributed by atoms with van der Waals surface area (Å²) < 4.78 is 10.3. The van der Waals surface area contributed by atoms with Gasteiger partial charge in [-0.3, -0.25) is 4.79 Å². The highest BCUT2D eigenvalue weighted by atomic mass is 16.5. The molecule has 1 amide bonds. The second-order valence-corrected chi connectivity index (χ2v) is 5.33. The van der Waals surface area contributed by atoms with Gasteiger partial charge in [0.25, 0.3) is 5.91 Å². The zero-order valence-corrected chi connectivity index (χ0v) is 14.1. The predicted molar refractivity (Wildman–Crippen MR) is 92.4 cm³/mol. The van der Waals surface area contributed by atoms with Crippen LogP contribution in [0.1, 0.15) is 28.4 Å². The summed E-state index contributed by atoms with van der Waals surface area (Å²) in [6.45, 7) is 5.93. The Morgan fingerprint density at radius 2 is 1.75 bits per heavy atom. The number of carbonyl (C=O) groups is 2. The maximum atomic E-state index is 12.0. The first-order valence-electron chi connectivity index (χ1n) is 7.77. The molecule has 0 aliphatic carbocycles. The minimum atomic E-state index is -0.378. The molecule has 0 atom stereocenters. The number of benzene rings is 2. The fourth-order valence-electron chi connectivity index (χ4n) is 2.12. The third kappa shape index (κ3) is 4.59. The first-order chi connectivity index (χ1) is 11.5. The van der Waals surface area contributed by atoms with Crippen molar-refractivity contribution >= 4 is 17.6 Å². The average molecular weight is 327 g/mol. The number of amides is 1. The molecule has 2 rings (SSSR count). The molecule has 0 aliphatic rings. The van der Waals surface area contributed by atoms with Crippen molar-refractivity contribution in [2.45, 2.75) is 20.8 Å². The summed E-state index contributed by atoms with van der Waals surface area (Å²) in [7, 11) is 0. The normalized spacial score (nSPS) is 10.1. The lowest BCUT2D eigenvalue weighted by atomic mass is 10.1. The molecule has 126 valence electrons. The summed E-state index contributed by atoms with van der Waals surface area (Å²) in [6.07, 6.45) is 0. The smallest absolute Gasteiger partial charge is 0.338 e. The third-order valence-corrected chi connectivity index (χ3v) is 3.61. The van der Waals surface area contributed by atoms with Gasteiger partial charge in [0.1, 0.15) is 5.75 Å². The molecule has 0 unspecified atom stereocenters. The van der Waals surface area contributed by atoms with E-state index in [9.17, 15) is 9.59 Å². The standard InChI is InChI=1S/C19H21NO4/c1-4-23-19(22)15-8-10-16(11-9-15)24-12-18(21)20-17-7-5-6-13(2)14(17)3/h5-11H,4,12H2,1-3H3,(H,20,21). The van der Waals surface area contributed by atoms with Crippen LogP contribution in [0, 0.1) is 13.8 Å². The fraction of sp³-hybridized carbons (Fsp3) is 0.263. The lowest BCUT2D eigenvalue weighted by Gasteiger charge is -2.11. The Morgan fingerprint density at radius 3 is 2.42 bits per heavy atom. The third-order valence-electron chi connectivity index (χ3n) is 3.61. The van der Waals surface area contributed by atoms with E-state index in [4.69, 9.17) is 9.47 Å². The van der Waals surface area contributed by atoms with Crippen molar-refractivity contribution in [3.8, 4) is 5.75 Å². The Labute approximate surface area is 141 Å². The molecule has 5 heteroatoms. The van der Waals surface area contributed by atoms with Crippen molar-refractivity contribution in [2.75, 3.05) is 18.5 Å². The molecule has 0 aliphatic heterocycles. The summed E-state index contributed by atoms with van der Waals surface area (Å²) in [6, 6.07) is 12.2. The van der Waals surface area contributed by atoms with E-state index in [1.165, 1.54) is 0 Å². The Hall–Kier alpha value is -2.82. The number of esters is 1. The molecule has 0 radical (unpaired) electrons.